The highest BCUT2D eigenvalue weighted by Gasteiger charge is 2.14. The summed E-state index contributed by atoms with van der Waals surface area (Å²) in [5.74, 6) is 0. The van der Waals surface area contributed by atoms with Gasteiger partial charge in [-0.05, 0) is 69.4 Å². The monoisotopic (exact) mass is 338 g/mol. The van der Waals surface area contributed by atoms with Gasteiger partial charge in [0.15, 0.2) is 0 Å². The van der Waals surface area contributed by atoms with Crippen molar-refractivity contribution < 1.29 is 8.42 Å². The van der Waals surface area contributed by atoms with E-state index in [4.69, 9.17) is 0 Å². The molecule has 1 aliphatic heterocycles. The van der Waals surface area contributed by atoms with E-state index < -0.39 is 10.0 Å². The van der Waals surface area contributed by atoms with Crippen LogP contribution in [0, 0.1) is 0 Å². The van der Waals surface area contributed by atoms with Crippen molar-refractivity contribution in [2.24, 2.45) is 0 Å². The van der Waals surface area contributed by atoms with E-state index in [9.17, 15) is 8.42 Å². The van der Waals surface area contributed by atoms with Crippen LogP contribution >= 0.6 is 0 Å². The molecule has 2 rings (SSSR count). The first-order valence-electron chi connectivity index (χ1n) is 8.93. The van der Waals surface area contributed by atoms with Gasteiger partial charge in [0.2, 0.25) is 10.0 Å². The molecule has 1 aliphatic rings. The number of hydrogen-bond acceptors (Lipinski definition) is 3. The Balaban J connectivity index is 1.76. The Morgan fingerprint density at radius 2 is 1.74 bits per heavy atom. The lowest BCUT2D eigenvalue weighted by Crippen LogP contribution is -2.28. The van der Waals surface area contributed by atoms with Crippen molar-refractivity contribution >= 4 is 10.0 Å². The Morgan fingerprint density at radius 1 is 1.04 bits per heavy atom. The Kier molecular flexibility index (Phi) is 7.53. The van der Waals surface area contributed by atoms with Crippen molar-refractivity contribution in [1.82, 2.24) is 9.62 Å². The van der Waals surface area contributed by atoms with Gasteiger partial charge in [-0.25, -0.2) is 13.1 Å². The number of sulfonamides is 1. The number of hydrogen-bond donors (Lipinski definition) is 1. The van der Waals surface area contributed by atoms with Gasteiger partial charge < -0.3 is 4.90 Å². The van der Waals surface area contributed by atoms with E-state index in [1.165, 1.54) is 31.2 Å². The quantitative estimate of drug-likeness (QED) is 0.667. The molecule has 0 saturated carbocycles. The number of aryl methyl sites for hydroxylation is 1. The van der Waals surface area contributed by atoms with Gasteiger partial charge >= 0.3 is 0 Å². The van der Waals surface area contributed by atoms with Gasteiger partial charge in [-0.2, -0.15) is 0 Å². The average Bonchev–Trinajstić information content (AvgIpc) is 3.06. The molecule has 0 radical (unpaired) electrons. The van der Waals surface area contributed by atoms with Gasteiger partial charge in [0.1, 0.15) is 0 Å². The van der Waals surface area contributed by atoms with Crippen LogP contribution in [-0.4, -0.2) is 39.5 Å². The normalized spacial score (nSPS) is 16.0. The molecule has 0 amide bonds. The first-order chi connectivity index (χ1) is 11.1. The lowest BCUT2D eigenvalue weighted by molar-refractivity contribution is 0.334. The number of rotatable bonds is 10. The second-order valence-corrected chi connectivity index (χ2v) is 8.17. The summed E-state index contributed by atoms with van der Waals surface area (Å²) in [7, 11) is -3.37. The molecule has 1 N–H and O–H groups in total. The van der Waals surface area contributed by atoms with Gasteiger partial charge in [0.05, 0.1) is 4.90 Å². The molecule has 1 fully saturated rings. The Morgan fingerprint density at radius 3 is 2.39 bits per heavy atom. The summed E-state index contributed by atoms with van der Waals surface area (Å²) < 4.78 is 27.3. The lowest BCUT2D eigenvalue weighted by atomic mass is 10.1. The third-order valence-electron chi connectivity index (χ3n) is 4.44. The van der Waals surface area contributed by atoms with E-state index in [1.54, 1.807) is 12.1 Å². The van der Waals surface area contributed by atoms with Crippen LogP contribution in [0.15, 0.2) is 29.2 Å². The minimum atomic E-state index is -3.37. The summed E-state index contributed by atoms with van der Waals surface area (Å²) in [5, 5.41) is 0. The van der Waals surface area contributed by atoms with E-state index in [0.29, 0.717) is 11.4 Å². The predicted octanol–water partition coefficient (Wildman–Crippen LogP) is 3.18. The molecule has 1 aromatic carbocycles. The molecule has 23 heavy (non-hydrogen) atoms. The molecule has 0 bridgehead atoms. The number of benzene rings is 1. The molecule has 1 aromatic rings. The maximum Gasteiger partial charge on any atom is 0.240 e. The molecule has 0 spiro atoms. The molecular weight excluding hydrogens is 308 g/mol. The lowest BCUT2D eigenvalue weighted by Gasteiger charge is -2.14. The molecule has 130 valence electrons. The summed E-state index contributed by atoms with van der Waals surface area (Å²) >= 11 is 0. The van der Waals surface area contributed by atoms with Gasteiger partial charge in [-0.15, -0.1) is 0 Å². The fourth-order valence-corrected chi connectivity index (χ4v) is 4.09. The van der Waals surface area contributed by atoms with Crippen molar-refractivity contribution in [3.05, 3.63) is 29.8 Å². The van der Waals surface area contributed by atoms with E-state index >= 15 is 0 Å². The van der Waals surface area contributed by atoms with Crippen molar-refractivity contribution in [2.75, 3.05) is 26.2 Å². The highest BCUT2D eigenvalue weighted by atomic mass is 32.2. The Labute approximate surface area is 141 Å². The second kappa shape index (κ2) is 9.40. The highest BCUT2D eigenvalue weighted by molar-refractivity contribution is 7.89. The number of nitrogens with zero attached hydrogens (tertiary/aromatic N) is 1. The van der Waals surface area contributed by atoms with Crippen molar-refractivity contribution in [3.63, 3.8) is 0 Å². The number of likely N-dealkylation sites (tertiary alicyclic amines) is 1. The maximum absolute atomic E-state index is 12.3. The Hall–Kier alpha value is -0.910. The fraction of sp³-hybridized carbons (Fsp3) is 0.667. The van der Waals surface area contributed by atoms with Gasteiger partial charge in [-0.3, -0.25) is 0 Å². The zero-order valence-corrected chi connectivity index (χ0v) is 15.1. The zero-order valence-electron chi connectivity index (χ0n) is 14.3. The molecule has 5 heteroatoms. The summed E-state index contributed by atoms with van der Waals surface area (Å²) in [6, 6.07) is 7.33. The summed E-state index contributed by atoms with van der Waals surface area (Å²) in [5.41, 5.74) is 1.21. The van der Waals surface area contributed by atoms with Crippen LogP contribution in [0.4, 0.5) is 0 Å². The molecule has 0 atom stereocenters. The maximum atomic E-state index is 12.3. The average molecular weight is 339 g/mol. The topological polar surface area (TPSA) is 49.4 Å². The fourth-order valence-electron chi connectivity index (χ4n) is 3.01. The van der Waals surface area contributed by atoms with Crippen LogP contribution in [0.3, 0.4) is 0 Å². The molecule has 0 aromatic heterocycles. The van der Waals surface area contributed by atoms with Gasteiger partial charge in [-0.1, -0.05) is 31.9 Å². The molecule has 1 saturated heterocycles. The standard InChI is InChI=1S/C18H30N2O2S/c1-2-3-4-8-17-9-11-18(12-10-17)23(21,22)19-13-7-16-20-14-5-6-15-20/h9-12,19H,2-8,13-16H2,1H3. The SMILES string of the molecule is CCCCCc1ccc(S(=O)(=O)NCCCN2CCCC2)cc1. The van der Waals surface area contributed by atoms with Crippen LogP contribution in [-0.2, 0) is 16.4 Å². The first-order valence-corrected chi connectivity index (χ1v) is 10.4. The van der Waals surface area contributed by atoms with E-state index in [-0.39, 0.29) is 0 Å². The molecule has 0 aliphatic carbocycles. The summed E-state index contributed by atoms with van der Waals surface area (Å²) in [4.78, 5) is 2.78. The molecule has 1 heterocycles. The molecule has 4 nitrogen and oxygen atoms in total. The van der Waals surface area contributed by atoms with Crippen LogP contribution in [0.5, 0.6) is 0 Å². The Bertz CT molecular complexity index is 549. The third kappa shape index (κ3) is 6.24. The van der Waals surface area contributed by atoms with Crippen LogP contribution in [0.1, 0.15) is 51.0 Å². The smallest absolute Gasteiger partial charge is 0.240 e. The summed E-state index contributed by atoms with van der Waals surface area (Å²) in [6.07, 6.45) is 8.03. The molecule has 0 unspecified atom stereocenters. The van der Waals surface area contributed by atoms with Crippen molar-refractivity contribution in [1.29, 1.82) is 0 Å². The molecular formula is C18H30N2O2S. The highest BCUT2D eigenvalue weighted by Crippen LogP contribution is 2.13. The summed E-state index contributed by atoms with van der Waals surface area (Å²) in [6.45, 7) is 6.00. The third-order valence-corrected chi connectivity index (χ3v) is 5.92. The minimum absolute atomic E-state index is 0.373. The number of unbranched alkanes of at least 4 members (excludes halogenated alkanes) is 2. The predicted molar refractivity (Wildman–Crippen MR) is 95.2 cm³/mol. The van der Waals surface area contributed by atoms with E-state index in [2.05, 4.69) is 16.5 Å². The van der Waals surface area contributed by atoms with Gasteiger partial charge in [0, 0.05) is 6.54 Å². The largest absolute Gasteiger partial charge is 0.303 e. The van der Waals surface area contributed by atoms with Crippen molar-refractivity contribution in [3.8, 4) is 0 Å². The van der Waals surface area contributed by atoms with Crippen LogP contribution in [0.25, 0.3) is 0 Å². The zero-order chi connectivity index (χ0) is 16.5. The first kappa shape index (κ1) is 18.4. The van der Waals surface area contributed by atoms with Crippen molar-refractivity contribution in [2.45, 2.75) is 56.8 Å². The van der Waals surface area contributed by atoms with Gasteiger partial charge in [0.25, 0.3) is 0 Å². The minimum Gasteiger partial charge on any atom is -0.303 e. The van der Waals surface area contributed by atoms with Crippen LogP contribution in [0.2, 0.25) is 0 Å². The van der Waals surface area contributed by atoms with Crippen LogP contribution < -0.4 is 4.72 Å². The van der Waals surface area contributed by atoms with E-state index in [1.807, 2.05) is 12.1 Å². The number of nitrogens with one attached hydrogen (secondary N) is 1. The van der Waals surface area contributed by atoms with E-state index in [0.717, 1.165) is 38.9 Å². The second-order valence-electron chi connectivity index (χ2n) is 6.40.